The normalized spacial score (nSPS) is 19.3. The van der Waals surface area contributed by atoms with Crippen molar-refractivity contribution in [2.75, 3.05) is 0 Å². The van der Waals surface area contributed by atoms with Crippen molar-refractivity contribution < 1.29 is 9.13 Å². The van der Waals surface area contributed by atoms with Gasteiger partial charge >= 0.3 is 147 Å². The first-order chi connectivity index (χ1) is 11.5. The Morgan fingerprint density at radius 2 is 1.96 bits per heavy atom. The van der Waals surface area contributed by atoms with E-state index in [1.54, 1.807) is 0 Å². The fourth-order valence-corrected chi connectivity index (χ4v) is 5.07. The van der Waals surface area contributed by atoms with E-state index in [0.717, 1.165) is 29.5 Å². The third-order valence-corrected chi connectivity index (χ3v) is 7.13. The topological polar surface area (TPSA) is 33.0 Å². The first-order valence-electron chi connectivity index (χ1n) is 8.13. The molecule has 1 aliphatic rings. The fraction of sp³-hybridized carbons (Fsp3) is 0.350. The van der Waals surface area contributed by atoms with Crippen LogP contribution in [-0.2, 0) is 16.9 Å². The Morgan fingerprint density at radius 1 is 1.21 bits per heavy atom. The van der Waals surface area contributed by atoms with Gasteiger partial charge in [0.1, 0.15) is 0 Å². The van der Waals surface area contributed by atoms with Gasteiger partial charge in [0.15, 0.2) is 0 Å². The second kappa shape index (κ2) is 7.09. The maximum absolute atomic E-state index is 13.4. The molecule has 0 amide bonds. The summed E-state index contributed by atoms with van der Waals surface area (Å²) >= 11 is -0.685. The Morgan fingerprint density at radius 3 is 2.62 bits per heavy atom. The predicted octanol–water partition coefficient (Wildman–Crippen LogP) is 5.01. The molecule has 1 atom stereocenters. The average molecular weight is 385 g/mol. The van der Waals surface area contributed by atoms with Crippen LogP contribution >= 0.6 is 0 Å². The zero-order chi connectivity index (χ0) is 17.2. The molecule has 0 aliphatic carbocycles. The van der Waals surface area contributed by atoms with Gasteiger partial charge in [0.05, 0.1) is 0 Å². The summed E-state index contributed by atoms with van der Waals surface area (Å²) in [6, 6.07) is 14.6. The monoisotopic (exact) mass is 385 g/mol. The molecule has 1 heterocycles. The summed E-state index contributed by atoms with van der Waals surface area (Å²) < 4.78 is 19.7. The first kappa shape index (κ1) is 17.2. The molecule has 2 aromatic rings. The number of rotatable bonds is 5. The van der Waals surface area contributed by atoms with Crippen LogP contribution in [0.3, 0.4) is 0 Å². The quantitative estimate of drug-likeness (QED) is 0.679. The average Bonchev–Trinajstić information content (AvgIpc) is 2.94. The van der Waals surface area contributed by atoms with Gasteiger partial charge in [-0.2, -0.15) is 0 Å². The molecule has 0 spiro atoms. The summed E-state index contributed by atoms with van der Waals surface area (Å²) in [6.07, 6.45) is 1.99. The Labute approximate surface area is 147 Å². The SMILES string of the molecule is C[As](C)CCCC1(c2ccc(F)cc2)OCc2cc(C#N)ccc21. The standard InChI is InChI=1S/C20H21AsFNO/c1-21(2)11-3-10-20(17-5-7-18(22)8-6-17)19-9-4-15(13-23)12-16(19)14-24-20/h4-9,12H,3,10-11,14H2,1-2H3. The van der Waals surface area contributed by atoms with E-state index in [1.807, 2.05) is 30.3 Å². The van der Waals surface area contributed by atoms with Crippen LogP contribution in [0.5, 0.6) is 0 Å². The molecular formula is C20H21AsFNO. The van der Waals surface area contributed by atoms with E-state index in [0.29, 0.717) is 12.2 Å². The summed E-state index contributed by atoms with van der Waals surface area (Å²) in [6.45, 7) is 0.502. The van der Waals surface area contributed by atoms with Crippen LogP contribution in [0.15, 0.2) is 42.5 Å². The number of nitrogens with zero attached hydrogens (tertiary/aromatic N) is 1. The molecule has 2 nitrogen and oxygen atoms in total. The van der Waals surface area contributed by atoms with Crippen molar-refractivity contribution >= 4 is 14.7 Å². The molecule has 4 heteroatoms. The summed E-state index contributed by atoms with van der Waals surface area (Å²) in [5.74, 6) is -0.234. The Kier molecular flexibility index (Phi) is 5.09. The molecule has 0 saturated carbocycles. The van der Waals surface area contributed by atoms with E-state index < -0.39 is 20.3 Å². The Bertz CT molecular complexity index is 766. The molecule has 2 aromatic carbocycles. The van der Waals surface area contributed by atoms with Crippen molar-refractivity contribution in [2.45, 2.75) is 41.7 Å². The van der Waals surface area contributed by atoms with Gasteiger partial charge in [-0.1, -0.05) is 0 Å². The van der Waals surface area contributed by atoms with E-state index in [2.05, 4.69) is 17.5 Å². The Balaban J connectivity index is 2.02. The van der Waals surface area contributed by atoms with Crippen molar-refractivity contribution in [3.05, 3.63) is 70.5 Å². The van der Waals surface area contributed by atoms with Crippen LogP contribution in [0.25, 0.3) is 0 Å². The number of benzene rings is 2. The van der Waals surface area contributed by atoms with Crippen molar-refractivity contribution in [1.82, 2.24) is 0 Å². The van der Waals surface area contributed by atoms with Gasteiger partial charge in [-0.05, 0) is 0 Å². The third kappa shape index (κ3) is 3.27. The van der Waals surface area contributed by atoms with E-state index in [4.69, 9.17) is 10.00 Å². The van der Waals surface area contributed by atoms with E-state index in [1.165, 1.54) is 17.3 Å². The minimum atomic E-state index is -0.685. The zero-order valence-corrected chi connectivity index (χ0v) is 15.9. The van der Waals surface area contributed by atoms with Crippen LogP contribution in [-0.4, -0.2) is 14.7 Å². The molecule has 0 saturated heterocycles. The maximum atomic E-state index is 13.4. The van der Waals surface area contributed by atoms with E-state index >= 15 is 0 Å². The number of nitriles is 1. The number of halogens is 1. The van der Waals surface area contributed by atoms with Gasteiger partial charge in [0.25, 0.3) is 0 Å². The van der Waals surface area contributed by atoms with Crippen LogP contribution < -0.4 is 0 Å². The van der Waals surface area contributed by atoms with E-state index in [-0.39, 0.29) is 5.82 Å². The summed E-state index contributed by atoms with van der Waals surface area (Å²) in [5, 5.41) is 10.4. The van der Waals surface area contributed by atoms with Gasteiger partial charge < -0.3 is 0 Å². The first-order valence-corrected chi connectivity index (χ1v) is 13.2. The number of hydrogen-bond donors (Lipinski definition) is 0. The van der Waals surface area contributed by atoms with Crippen molar-refractivity contribution in [1.29, 1.82) is 5.26 Å². The van der Waals surface area contributed by atoms with Crippen LogP contribution in [0, 0.1) is 17.1 Å². The molecule has 0 bridgehead atoms. The van der Waals surface area contributed by atoms with Gasteiger partial charge in [-0.3, -0.25) is 0 Å². The van der Waals surface area contributed by atoms with Gasteiger partial charge in [-0.25, -0.2) is 0 Å². The van der Waals surface area contributed by atoms with Crippen LogP contribution in [0.4, 0.5) is 4.39 Å². The predicted molar refractivity (Wildman–Crippen MR) is 94.6 cm³/mol. The molecule has 1 unspecified atom stereocenters. The van der Waals surface area contributed by atoms with Crippen molar-refractivity contribution in [2.24, 2.45) is 0 Å². The summed E-state index contributed by atoms with van der Waals surface area (Å²) in [4.78, 5) is 0. The molecule has 24 heavy (non-hydrogen) atoms. The van der Waals surface area contributed by atoms with Gasteiger partial charge in [-0.15, -0.1) is 0 Å². The van der Waals surface area contributed by atoms with Crippen LogP contribution in [0.2, 0.25) is 16.6 Å². The summed E-state index contributed by atoms with van der Waals surface area (Å²) in [5.41, 5.74) is 8.06. The molecule has 3 rings (SSSR count). The zero-order valence-electron chi connectivity index (χ0n) is 14.1. The molecule has 124 valence electrons. The summed E-state index contributed by atoms with van der Waals surface area (Å²) in [7, 11) is 0. The van der Waals surface area contributed by atoms with Gasteiger partial charge in [0, 0.05) is 0 Å². The molecular weight excluding hydrogens is 364 g/mol. The fourth-order valence-electron chi connectivity index (χ4n) is 3.41. The number of hydrogen-bond acceptors (Lipinski definition) is 2. The molecule has 0 aromatic heterocycles. The van der Waals surface area contributed by atoms with Gasteiger partial charge in [0.2, 0.25) is 0 Å². The molecule has 0 radical (unpaired) electrons. The molecule has 0 N–H and O–H groups in total. The van der Waals surface area contributed by atoms with Crippen LogP contribution in [0.1, 0.15) is 35.1 Å². The Hall–Kier alpha value is -1.62. The van der Waals surface area contributed by atoms with E-state index in [9.17, 15) is 4.39 Å². The second-order valence-electron chi connectivity index (χ2n) is 6.51. The third-order valence-electron chi connectivity index (χ3n) is 4.59. The van der Waals surface area contributed by atoms with Crippen molar-refractivity contribution in [3.8, 4) is 6.07 Å². The molecule has 1 aliphatic heterocycles. The molecule has 0 fully saturated rings. The van der Waals surface area contributed by atoms with Crippen molar-refractivity contribution in [3.63, 3.8) is 0 Å². The second-order valence-corrected chi connectivity index (χ2v) is 12.0. The minimum absolute atomic E-state index is 0.234. The number of fused-ring (bicyclic) bond motifs is 1. The number of ether oxygens (including phenoxy) is 1.